The van der Waals surface area contributed by atoms with E-state index in [1.165, 1.54) is 51.6 Å². The topological polar surface area (TPSA) is 15.3 Å². The highest BCUT2D eigenvalue weighted by molar-refractivity contribution is 4.89. The third kappa shape index (κ3) is 3.03. The van der Waals surface area contributed by atoms with E-state index in [0.717, 1.165) is 23.9 Å². The predicted octanol–water partition coefficient (Wildman–Crippen LogP) is 2.89. The molecule has 0 aromatic carbocycles. The first-order valence-corrected chi connectivity index (χ1v) is 7.67. The monoisotopic (exact) mass is 238 g/mol. The number of likely N-dealkylation sites (tertiary alicyclic amines) is 1. The van der Waals surface area contributed by atoms with Crippen molar-refractivity contribution in [3.05, 3.63) is 0 Å². The molecule has 1 saturated heterocycles. The predicted molar refractivity (Wildman–Crippen MR) is 74.2 cm³/mol. The van der Waals surface area contributed by atoms with Crippen LogP contribution >= 0.6 is 0 Å². The first kappa shape index (κ1) is 13.4. The van der Waals surface area contributed by atoms with Crippen LogP contribution in [0.25, 0.3) is 0 Å². The molecule has 0 radical (unpaired) electrons. The van der Waals surface area contributed by atoms with Crippen LogP contribution in [0.1, 0.15) is 52.4 Å². The summed E-state index contributed by atoms with van der Waals surface area (Å²) in [5, 5.41) is 3.48. The Morgan fingerprint density at radius 3 is 2.59 bits per heavy atom. The molecule has 1 aliphatic carbocycles. The third-order valence-electron chi connectivity index (χ3n) is 5.17. The minimum Gasteiger partial charge on any atom is -0.317 e. The second kappa shape index (κ2) is 6.19. The van der Waals surface area contributed by atoms with Crippen molar-refractivity contribution in [2.45, 2.75) is 64.5 Å². The lowest BCUT2D eigenvalue weighted by molar-refractivity contribution is 0.0513. The van der Waals surface area contributed by atoms with Crippen LogP contribution < -0.4 is 5.32 Å². The smallest absolute Gasteiger partial charge is 0.0123 e. The SMILES string of the molecule is CCC1CCCCC1N1CCC(NC)C(C)C1. The summed E-state index contributed by atoms with van der Waals surface area (Å²) in [7, 11) is 2.12. The van der Waals surface area contributed by atoms with E-state index in [-0.39, 0.29) is 0 Å². The van der Waals surface area contributed by atoms with Crippen LogP contribution in [0.3, 0.4) is 0 Å². The largest absolute Gasteiger partial charge is 0.317 e. The summed E-state index contributed by atoms with van der Waals surface area (Å²) >= 11 is 0. The number of nitrogens with zero attached hydrogens (tertiary/aromatic N) is 1. The second-order valence-corrected chi connectivity index (χ2v) is 6.18. The average molecular weight is 238 g/mol. The molecule has 1 heterocycles. The summed E-state index contributed by atoms with van der Waals surface area (Å²) in [5.74, 6) is 1.79. The van der Waals surface area contributed by atoms with Gasteiger partial charge in [-0.3, -0.25) is 4.90 Å². The van der Waals surface area contributed by atoms with Gasteiger partial charge in [0.15, 0.2) is 0 Å². The highest BCUT2D eigenvalue weighted by atomic mass is 15.2. The molecule has 0 aromatic heterocycles. The maximum Gasteiger partial charge on any atom is 0.0123 e. The Kier molecular flexibility index (Phi) is 4.87. The van der Waals surface area contributed by atoms with Crippen molar-refractivity contribution in [1.29, 1.82) is 0 Å². The van der Waals surface area contributed by atoms with E-state index in [1.54, 1.807) is 0 Å². The van der Waals surface area contributed by atoms with Crippen molar-refractivity contribution in [2.24, 2.45) is 11.8 Å². The normalized spacial score (nSPS) is 40.4. The first-order valence-electron chi connectivity index (χ1n) is 7.67. The first-order chi connectivity index (χ1) is 8.26. The van der Waals surface area contributed by atoms with E-state index in [2.05, 4.69) is 31.1 Å². The van der Waals surface area contributed by atoms with Crippen LogP contribution in [-0.4, -0.2) is 37.1 Å². The minimum absolute atomic E-state index is 0.745. The number of nitrogens with one attached hydrogen (secondary N) is 1. The average Bonchev–Trinajstić information content (AvgIpc) is 2.38. The summed E-state index contributed by atoms with van der Waals surface area (Å²) in [6, 6.07) is 1.64. The molecule has 1 N–H and O–H groups in total. The van der Waals surface area contributed by atoms with Crippen LogP contribution in [0.5, 0.6) is 0 Å². The van der Waals surface area contributed by atoms with Crippen molar-refractivity contribution in [2.75, 3.05) is 20.1 Å². The van der Waals surface area contributed by atoms with Crippen molar-refractivity contribution < 1.29 is 0 Å². The molecule has 2 rings (SSSR count). The van der Waals surface area contributed by atoms with Crippen LogP contribution in [-0.2, 0) is 0 Å². The van der Waals surface area contributed by atoms with Gasteiger partial charge in [-0.2, -0.15) is 0 Å². The number of rotatable bonds is 3. The van der Waals surface area contributed by atoms with Gasteiger partial charge in [0.1, 0.15) is 0 Å². The van der Waals surface area contributed by atoms with E-state index >= 15 is 0 Å². The van der Waals surface area contributed by atoms with Gasteiger partial charge >= 0.3 is 0 Å². The summed E-state index contributed by atoms with van der Waals surface area (Å²) in [6.45, 7) is 7.42. The molecule has 4 atom stereocenters. The number of hydrogen-bond donors (Lipinski definition) is 1. The lowest BCUT2D eigenvalue weighted by Gasteiger charge is -2.45. The van der Waals surface area contributed by atoms with Crippen LogP contribution in [0.2, 0.25) is 0 Å². The molecule has 2 heteroatoms. The maximum absolute atomic E-state index is 3.48. The van der Waals surface area contributed by atoms with Crippen LogP contribution in [0.15, 0.2) is 0 Å². The molecule has 17 heavy (non-hydrogen) atoms. The zero-order valence-electron chi connectivity index (χ0n) is 11.9. The molecular formula is C15H30N2. The quantitative estimate of drug-likeness (QED) is 0.813. The van der Waals surface area contributed by atoms with E-state index in [1.807, 2.05) is 0 Å². The summed E-state index contributed by atoms with van der Waals surface area (Å²) in [5.41, 5.74) is 0. The Bertz CT molecular complexity index is 229. The number of hydrogen-bond acceptors (Lipinski definition) is 2. The standard InChI is InChI=1S/C15H30N2/c1-4-13-7-5-6-8-15(13)17-10-9-14(16-3)12(2)11-17/h12-16H,4-11H2,1-3H3. The Balaban J connectivity index is 1.93. The van der Waals surface area contributed by atoms with Crippen molar-refractivity contribution in [1.82, 2.24) is 10.2 Å². The van der Waals surface area contributed by atoms with Gasteiger partial charge < -0.3 is 5.32 Å². The van der Waals surface area contributed by atoms with Gasteiger partial charge in [-0.05, 0) is 44.7 Å². The van der Waals surface area contributed by atoms with Crippen molar-refractivity contribution in [3.63, 3.8) is 0 Å². The minimum atomic E-state index is 0.745. The van der Waals surface area contributed by atoms with Gasteiger partial charge in [0.25, 0.3) is 0 Å². The Labute approximate surface area is 107 Å². The van der Waals surface area contributed by atoms with Gasteiger partial charge in [-0.1, -0.05) is 33.1 Å². The maximum atomic E-state index is 3.48. The third-order valence-corrected chi connectivity index (χ3v) is 5.17. The molecule has 1 aliphatic heterocycles. The van der Waals surface area contributed by atoms with Crippen molar-refractivity contribution in [3.8, 4) is 0 Å². The van der Waals surface area contributed by atoms with E-state index in [4.69, 9.17) is 0 Å². The zero-order chi connectivity index (χ0) is 12.3. The highest BCUT2D eigenvalue weighted by Crippen LogP contribution is 2.33. The van der Waals surface area contributed by atoms with E-state index < -0.39 is 0 Å². The summed E-state index contributed by atoms with van der Waals surface area (Å²) < 4.78 is 0. The van der Waals surface area contributed by atoms with Crippen LogP contribution in [0.4, 0.5) is 0 Å². The molecule has 2 nitrogen and oxygen atoms in total. The van der Waals surface area contributed by atoms with Gasteiger partial charge in [0, 0.05) is 18.6 Å². The fraction of sp³-hybridized carbons (Fsp3) is 1.00. The number of piperidine rings is 1. The highest BCUT2D eigenvalue weighted by Gasteiger charge is 2.33. The van der Waals surface area contributed by atoms with Gasteiger partial charge in [-0.25, -0.2) is 0 Å². The molecule has 2 fully saturated rings. The summed E-state index contributed by atoms with van der Waals surface area (Å²) in [4.78, 5) is 2.81. The van der Waals surface area contributed by atoms with E-state index in [9.17, 15) is 0 Å². The molecular weight excluding hydrogens is 208 g/mol. The molecule has 0 amide bonds. The van der Waals surface area contributed by atoms with Gasteiger partial charge in [-0.15, -0.1) is 0 Å². The Morgan fingerprint density at radius 2 is 1.94 bits per heavy atom. The molecule has 4 unspecified atom stereocenters. The van der Waals surface area contributed by atoms with E-state index in [0.29, 0.717) is 0 Å². The molecule has 2 aliphatic rings. The molecule has 1 saturated carbocycles. The molecule has 0 spiro atoms. The fourth-order valence-corrected chi connectivity index (χ4v) is 4.05. The van der Waals surface area contributed by atoms with Crippen molar-refractivity contribution >= 4 is 0 Å². The molecule has 0 bridgehead atoms. The Hall–Kier alpha value is -0.0800. The van der Waals surface area contributed by atoms with Crippen LogP contribution in [0, 0.1) is 11.8 Å². The van der Waals surface area contributed by atoms with Gasteiger partial charge in [0.2, 0.25) is 0 Å². The van der Waals surface area contributed by atoms with Gasteiger partial charge in [0.05, 0.1) is 0 Å². The fourth-order valence-electron chi connectivity index (χ4n) is 4.05. The second-order valence-electron chi connectivity index (χ2n) is 6.18. The summed E-state index contributed by atoms with van der Waals surface area (Å²) in [6.07, 6.45) is 8.58. The molecule has 0 aromatic rings. The lowest BCUT2D eigenvalue weighted by atomic mass is 9.80. The zero-order valence-corrected chi connectivity index (χ0v) is 11.9. The lowest BCUT2D eigenvalue weighted by Crippen LogP contribution is -2.53. The Morgan fingerprint density at radius 1 is 1.18 bits per heavy atom. The molecule has 100 valence electrons.